The van der Waals surface area contributed by atoms with Gasteiger partial charge in [-0.3, -0.25) is 4.79 Å². The number of likely N-dealkylation sites (tertiary alicyclic amines) is 1. The fraction of sp³-hybridized carbons (Fsp3) is 0.400. The van der Waals surface area contributed by atoms with E-state index in [2.05, 4.69) is 22.9 Å². The molecule has 0 spiro atoms. The number of carbonyl (C=O) groups excluding carboxylic acids is 1. The van der Waals surface area contributed by atoms with Gasteiger partial charge < -0.3 is 9.32 Å². The highest BCUT2D eigenvalue weighted by Crippen LogP contribution is 2.27. The van der Waals surface area contributed by atoms with E-state index < -0.39 is 0 Å². The minimum atomic E-state index is 0.0798. The van der Waals surface area contributed by atoms with Crippen molar-refractivity contribution in [2.45, 2.75) is 18.2 Å². The molecule has 2 atom stereocenters. The van der Waals surface area contributed by atoms with E-state index in [9.17, 15) is 4.79 Å². The molecule has 2 aromatic rings. The predicted molar refractivity (Wildman–Crippen MR) is 78.6 cm³/mol. The maximum absolute atomic E-state index is 12.6. The number of para-hydroxylation sites is 1. The summed E-state index contributed by atoms with van der Waals surface area (Å²) in [5.41, 5.74) is 1.45. The number of furan rings is 1. The van der Waals surface area contributed by atoms with E-state index in [1.54, 1.807) is 6.26 Å². The van der Waals surface area contributed by atoms with E-state index in [4.69, 9.17) is 4.42 Å². The number of halogens is 1. The summed E-state index contributed by atoms with van der Waals surface area (Å²) in [6, 6.07) is 7.67. The molecule has 1 amide bonds. The summed E-state index contributed by atoms with van der Waals surface area (Å²) in [7, 11) is 0. The summed E-state index contributed by atoms with van der Waals surface area (Å²) in [5, 5.41) is 0.904. The lowest BCUT2D eigenvalue weighted by molar-refractivity contribution is 0.0691. The average molecular weight is 322 g/mol. The predicted octanol–water partition coefficient (Wildman–Crippen LogP) is 3.68. The third-order valence-electron chi connectivity index (χ3n) is 3.80. The van der Waals surface area contributed by atoms with Crippen LogP contribution in [-0.4, -0.2) is 28.7 Å². The molecule has 1 aromatic heterocycles. The summed E-state index contributed by atoms with van der Waals surface area (Å²) in [5.74, 6) is 0.562. The van der Waals surface area contributed by atoms with E-state index >= 15 is 0 Å². The van der Waals surface area contributed by atoms with Gasteiger partial charge in [-0.05, 0) is 18.4 Å². The number of fused-ring (bicyclic) bond motifs is 1. The number of amides is 1. The number of carbonyl (C=O) groups is 1. The molecule has 19 heavy (non-hydrogen) atoms. The molecule has 2 heterocycles. The summed E-state index contributed by atoms with van der Waals surface area (Å²) in [6.07, 6.45) is 2.58. The van der Waals surface area contributed by atoms with Crippen LogP contribution in [0.5, 0.6) is 0 Å². The van der Waals surface area contributed by atoms with Gasteiger partial charge in [-0.1, -0.05) is 41.1 Å². The Kier molecular flexibility index (Phi) is 3.35. The van der Waals surface area contributed by atoms with Gasteiger partial charge in [-0.15, -0.1) is 0 Å². The lowest BCUT2D eigenvalue weighted by Crippen LogP contribution is -2.43. The van der Waals surface area contributed by atoms with Gasteiger partial charge in [0, 0.05) is 23.3 Å². The molecule has 0 bridgehead atoms. The van der Waals surface area contributed by atoms with Crippen LogP contribution in [0.4, 0.5) is 0 Å². The van der Waals surface area contributed by atoms with E-state index in [0.29, 0.717) is 16.3 Å². The zero-order valence-electron chi connectivity index (χ0n) is 10.8. The summed E-state index contributed by atoms with van der Waals surface area (Å²) in [6.45, 7) is 3.78. The smallest absolute Gasteiger partial charge is 0.257 e. The zero-order valence-corrected chi connectivity index (χ0v) is 12.4. The van der Waals surface area contributed by atoms with Crippen molar-refractivity contribution in [1.29, 1.82) is 0 Å². The third-order valence-corrected chi connectivity index (χ3v) is 5.16. The second-order valence-electron chi connectivity index (χ2n) is 5.18. The van der Waals surface area contributed by atoms with Gasteiger partial charge in [0.25, 0.3) is 5.91 Å². The molecule has 1 aliphatic rings. The highest BCUT2D eigenvalue weighted by atomic mass is 79.9. The molecule has 1 saturated heterocycles. The molecule has 3 rings (SSSR count). The Hall–Kier alpha value is -1.29. The van der Waals surface area contributed by atoms with Crippen LogP contribution in [0.15, 0.2) is 34.9 Å². The number of alkyl halides is 1. The van der Waals surface area contributed by atoms with Gasteiger partial charge in [-0.2, -0.15) is 0 Å². The fourth-order valence-electron chi connectivity index (χ4n) is 2.62. The molecule has 1 aliphatic heterocycles. The summed E-state index contributed by atoms with van der Waals surface area (Å²) >= 11 is 3.66. The molecule has 0 radical (unpaired) electrons. The van der Waals surface area contributed by atoms with Crippen LogP contribution >= 0.6 is 15.9 Å². The van der Waals surface area contributed by atoms with Crippen molar-refractivity contribution in [3.8, 4) is 0 Å². The van der Waals surface area contributed by atoms with Crippen LogP contribution in [-0.2, 0) is 0 Å². The molecule has 3 nitrogen and oxygen atoms in total. The minimum Gasteiger partial charge on any atom is -0.463 e. The van der Waals surface area contributed by atoms with E-state index in [1.165, 1.54) is 0 Å². The van der Waals surface area contributed by atoms with Crippen molar-refractivity contribution >= 4 is 32.8 Å². The largest absolute Gasteiger partial charge is 0.463 e. The number of hydrogen-bond acceptors (Lipinski definition) is 2. The van der Waals surface area contributed by atoms with E-state index in [1.807, 2.05) is 29.2 Å². The molecule has 0 saturated carbocycles. The van der Waals surface area contributed by atoms with Crippen molar-refractivity contribution in [2.24, 2.45) is 5.92 Å². The number of hydrogen-bond donors (Lipinski definition) is 0. The standard InChI is InChI=1S/C15H16BrNO2/c1-10-8-17(7-6-13(10)16)15(18)12-9-19-14-5-3-2-4-11(12)14/h2-5,9-10,13H,6-8H2,1H3. The Morgan fingerprint density at radius 1 is 1.42 bits per heavy atom. The summed E-state index contributed by atoms with van der Waals surface area (Å²) < 4.78 is 5.45. The topological polar surface area (TPSA) is 33.5 Å². The third kappa shape index (κ3) is 2.29. The first-order valence-electron chi connectivity index (χ1n) is 6.56. The molecule has 4 heteroatoms. The number of piperidine rings is 1. The Morgan fingerprint density at radius 3 is 3.00 bits per heavy atom. The molecule has 1 aromatic carbocycles. The molecule has 100 valence electrons. The van der Waals surface area contributed by atoms with E-state index in [-0.39, 0.29) is 5.91 Å². The van der Waals surface area contributed by atoms with Gasteiger partial charge in [0.1, 0.15) is 11.8 Å². The van der Waals surface area contributed by atoms with Crippen LogP contribution < -0.4 is 0 Å². The Bertz CT molecular complexity index is 607. The van der Waals surface area contributed by atoms with Gasteiger partial charge in [0.15, 0.2) is 0 Å². The molecule has 1 fully saturated rings. The number of benzene rings is 1. The lowest BCUT2D eigenvalue weighted by Gasteiger charge is -2.34. The first kappa shape index (κ1) is 12.7. The molecular weight excluding hydrogens is 306 g/mol. The number of nitrogens with zero attached hydrogens (tertiary/aromatic N) is 1. The summed E-state index contributed by atoms with van der Waals surface area (Å²) in [4.78, 5) is 15.0. The van der Waals surface area contributed by atoms with Gasteiger partial charge in [0.2, 0.25) is 0 Å². The zero-order chi connectivity index (χ0) is 13.4. The Morgan fingerprint density at radius 2 is 2.21 bits per heavy atom. The Balaban J connectivity index is 1.88. The van der Waals surface area contributed by atoms with Gasteiger partial charge in [-0.25, -0.2) is 0 Å². The molecular formula is C15H16BrNO2. The number of rotatable bonds is 1. The van der Waals surface area contributed by atoms with Crippen molar-refractivity contribution in [1.82, 2.24) is 4.90 Å². The van der Waals surface area contributed by atoms with Crippen molar-refractivity contribution in [3.63, 3.8) is 0 Å². The molecule has 0 aliphatic carbocycles. The van der Waals surface area contributed by atoms with Crippen LogP contribution in [0.25, 0.3) is 11.0 Å². The minimum absolute atomic E-state index is 0.0798. The van der Waals surface area contributed by atoms with Crippen molar-refractivity contribution < 1.29 is 9.21 Å². The first-order chi connectivity index (χ1) is 9.16. The van der Waals surface area contributed by atoms with Crippen molar-refractivity contribution in [2.75, 3.05) is 13.1 Å². The molecule has 2 unspecified atom stereocenters. The highest BCUT2D eigenvalue weighted by molar-refractivity contribution is 9.09. The lowest BCUT2D eigenvalue weighted by atomic mass is 9.99. The van der Waals surface area contributed by atoms with Crippen LogP contribution in [0.2, 0.25) is 0 Å². The highest BCUT2D eigenvalue weighted by Gasteiger charge is 2.28. The second-order valence-corrected chi connectivity index (χ2v) is 6.35. The van der Waals surface area contributed by atoms with Crippen LogP contribution in [0, 0.1) is 5.92 Å². The monoisotopic (exact) mass is 321 g/mol. The average Bonchev–Trinajstić information content (AvgIpc) is 2.85. The maximum atomic E-state index is 12.6. The van der Waals surface area contributed by atoms with Crippen LogP contribution in [0.1, 0.15) is 23.7 Å². The van der Waals surface area contributed by atoms with Gasteiger partial charge in [0.05, 0.1) is 5.56 Å². The van der Waals surface area contributed by atoms with Crippen molar-refractivity contribution in [3.05, 3.63) is 36.1 Å². The SMILES string of the molecule is CC1CN(C(=O)c2coc3ccccc23)CCC1Br. The van der Waals surface area contributed by atoms with Gasteiger partial charge >= 0.3 is 0 Å². The second kappa shape index (κ2) is 5.00. The quantitative estimate of drug-likeness (QED) is 0.751. The maximum Gasteiger partial charge on any atom is 0.257 e. The Labute approximate surface area is 120 Å². The van der Waals surface area contributed by atoms with Crippen LogP contribution in [0.3, 0.4) is 0 Å². The first-order valence-corrected chi connectivity index (χ1v) is 7.48. The fourth-order valence-corrected chi connectivity index (χ4v) is 2.99. The normalized spacial score (nSPS) is 23.8. The van der Waals surface area contributed by atoms with E-state index in [0.717, 1.165) is 30.5 Å². The molecule has 0 N–H and O–H groups in total.